The van der Waals surface area contributed by atoms with Crippen LogP contribution in [0.3, 0.4) is 0 Å². The summed E-state index contributed by atoms with van der Waals surface area (Å²) in [5, 5.41) is 0. The zero-order valence-corrected chi connectivity index (χ0v) is 11.4. The van der Waals surface area contributed by atoms with Gasteiger partial charge in [-0.05, 0) is 13.3 Å². The van der Waals surface area contributed by atoms with Crippen molar-refractivity contribution in [3.05, 3.63) is 18.0 Å². The number of fused-ring (bicyclic) bond motifs is 2. The molecule has 1 aromatic carbocycles. The number of nitrogens with one attached hydrogen (secondary N) is 1. The first kappa shape index (κ1) is 12.3. The molecule has 0 saturated carbocycles. The van der Waals surface area contributed by atoms with E-state index in [1.807, 2.05) is 19.1 Å². The highest BCUT2D eigenvalue weighted by molar-refractivity contribution is 5.80. The molecule has 0 amide bonds. The molecule has 2 heterocycles. The van der Waals surface area contributed by atoms with Gasteiger partial charge in [0.2, 0.25) is 0 Å². The first-order valence-corrected chi connectivity index (χ1v) is 6.51. The van der Waals surface area contributed by atoms with E-state index in [0.29, 0.717) is 13.2 Å². The van der Waals surface area contributed by atoms with Gasteiger partial charge in [0.1, 0.15) is 24.6 Å². The number of ether oxygens (including phenoxy) is 3. The van der Waals surface area contributed by atoms with Crippen molar-refractivity contribution < 1.29 is 14.2 Å². The normalized spacial score (nSPS) is 17.4. The lowest BCUT2D eigenvalue weighted by Gasteiger charge is -2.23. The highest BCUT2D eigenvalue weighted by atomic mass is 16.6. The molecule has 1 N–H and O–H groups in total. The summed E-state index contributed by atoms with van der Waals surface area (Å²) in [5.41, 5.74) is 1.41. The van der Waals surface area contributed by atoms with Crippen molar-refractivity contribution in [3.8, 4) is 11.5 Å². The quantitative estimate of drug-likeness (QED) is 0.923. The lowest BCUT2D eigenvalue weighted by atomic mass is 10.0. The van der Waals surface area contributed by atoms with Crippen LogP contribution in [0, 0.1) is 0 Å². The molecule has 1 atom stereocenters. The average Bonchev–Trinajstić information content (AvgIpc) is 2.87. The van der Waals surface area contributed by atoms with Crippen LogP contribution < -0.4 is 9.47 Å². The van der Waals surface area contributed by atoms with Crippen LogP contribution in [-0.4, -0.2) is 30.3 Å². The third-order valence-corrected chi connectivity index (χ3v) is 3.77. The fourth-order valence-corrected chi connectivity index (χ4v) is 2.21. The molecule has 5 heteroatoms. The Hall–Kier alpha value is -1.75. The molecule has 3 rings (SSSR count). The predicted molar refractivity (Wildman–Crippen MR) is 71.7 cm³/mol. The smallest absolute Gasteiger partial charge is 0.163 e. The Morgan fingerprint density at radius 1 is 1.32 bits per heavy atom. The molecular weight excluding hydrogens is 244 g/mol. The van der Waals surface area contributed by atoms with Gasteiger partial charge < -0.3 is 19.2 Å². The molecule has 0 fully saturated rings. The van der Waals surface area contributed by atoms with Gasteiger partial charge >= 0.3 is 0 Å². The van der Waals surface area contributed by atoms with Gasteiger partial charge in [0, 0.05) is 19.2 Å². The molecule has 0 spiro atoms. The standard InChI is InChI=1S/C14H18N2O3/c1-4-14(2,17-3)13-15-9-7-11-12(8-10(9)16-13)19-6-5-18-11/h7-8H,4-6H2,1-3H3,(H,15,16). The molecule has 1 unspecified atom stereocenters. The number of hydrogen-bond acceptors (Lipinski definition) is 4. The average molecular weight is 262 g/mol. The van der Waals surface area contributed by atoms with Crippen LogP contribution in [0.5, 0.6) is 11.5 Å². The molecule has 5 nitrogen and oxygen atoms in total. The van der Waals surface area contributed by atoms with Crippen LogP contribution >= 0.6 is 0 Å². The number of methoxy groups -OCH3 is 1. The molecule has 0 radical (unpaired) electrons. The van der Waals surface area contributed by atoms with Crippen LogP contribution in [0.15, 0.2) is 12.1 Å². The van der Waals surface area contributed by atoms with Crippen LogP contribution in [-0.2, 0) is 10.3 Å². The van der Waals surface area contributed by atoms with Crippen LogP contribution in [0.1, 0.15) is 26.1 Å². The van der Waals surface area contributed by atoms with E-state index in [0.717, 1.165) is 34.8 Å². The van der Waals surface area contributed by atoms with Crippen molar-refractivity contribution in [2.45, 2.75) is 25.9 Å². The Morgan fingerprint density at radius 3 is 2.63 bits per heavy atom. The van der Waals surface area contributed by atoms with Crippen molar-refractivity contribution >= 4 is 11.0 Å². The summed E-state index contributed by atoms with van der Waals surface area (Å²) in [6.07, 6.45) is 0.843. The van der Waals surface area contributed by atoms with Gasteiger partial charge in [-0.2, -0.15) is 0 Å². The van der Waals surface area contributed by atoms with E-state index in [4.69, 9.17) is 14.2 Å². The lowest BCUT2D eigenvalue weighted by Crippen LogP contribution is -2.24. The molecular formula is C14H18N2O3. The van der Waals surface area contributed by atoms with E-state index >= 15 is 0 Å². The van der Waals surface area contributed by atoms with Gasteiger partial charge in [-0.25, -0.2) is 4.98 Å². The lowest BCUT2D eigenvalue weighted by molar-refractivity contribution is -0.00803. The molecule has 1 aliphatic rings. The largest absolute Gasteiger partial charge is 0.486 e. The SMILES string of the molecule is CCC(C)(OC)c1nc2cc3c(cc2[nH]1)OCCO3. The van der Waals surface area contributed by atoms with Crippen LogP contribution in [0.2, 0.25) is 0 Å². The number of nitrogens with zero attached hydrogens (tertiary/aromatic N) is 1. The molecule has 19 heavy (non-hydrogen) atoms. The van der Waals surface area contributed by atoms with Crippen molar-refractivity contribution in [2.75, 3.05) is 20.3 Å². The summed E-state index contributed by atoms with van der Waals surface area (Å²) < 4.78 is 16.7. The second-order valence-corrected chi connectivity index (χ2v) is 4.89. The third kappa shape index (κ3) is 1.94. The fourth-order valence-electron chi connectivity index (χ4n) is 2.21. The molecule has 1 aromatic heterocycles. The summed E-state index contributed by atoms with van der Waals surface area (Å²) in [4.78, 5) is 7.93. The van der Waals surface area contributed by atoms with Crippen molar-refractivity contribution in [2.24, 2.45) is 0 Å². The first-order chi connectivity index (χ1) is 9.16. The Morgan fingerprint density at radius 2 is 2.00 bits per heavy atom. The monoisotopic (exact) mass is 262 g/mol. The van der Waals surface area contributed by atoms with Crippen LogP contribution in [0.25, 0.3) is 11.0 Å². The molecule has 0 aliphatic carbocycles. The van der Waals surface area contributed by atoms with E-state index in [9.17, 15) is 0 Å². The highest BCUT2D eigenvalue weighted by Crippen LogP contribution is 2.35. The summed E-state index contributed by atoms with van der Waals surface area (Å²) in [5.74, 6) is 2.35. The summed E-state index contributed by atoms with van der Waals surface area (Å²) in [6, 6.07) is 3.85. The number of rotatable bonds is 3. The molecule has 1 aliphatic heterocycles. The zero-order valence-electron chi connectivity index (χ0n) is 11.4. The maximum atomic E-state index is 5.58. The van der Waals surface area contributed by atoms with Gasteiger partial charge in [0.15, 0.2) is 11.5 Å². The van der Waals surface area contributed by atoms with Crippen LogP contribution in [0.4, 0.5) is 0 Å². The topological polar surface area (TPSA) is 56.4 Å². The molecule has 2 aromatic rings. The zero-order chi connectivity index (χ0) is 13.5. The Kier molecular flexibility index (Phi) is 2.86. The second kappa shape index (κ2) is 4.42. The van der Waals surface area contributed by atoms with E-state index in [1.165, 1.54) is 0 Å². The Balaban J connectivity index is 2.10. The number of aromatic nitrogens is 2. The Bertz CT molecular complexity index is 559. The fraction of sp³-hybridized carbons (Fsp3) is 0.500. The van der Waals surface area contributed by atoms with E-state index < -0.39 is 5.60 Å². The molecule has 0 bridgehead atoms. The van der Waals surface area contributed by atoms with E-state index in [2.05, 4.69) is 16.9 Å². The third-order valence-electron chi connectivity index (χ3n) is 3.77. The number of H-pyrrole nitrogens is 1. The minimum absolute atomic E-state index is 0.402. The second-order valence-electron chi connectivity index (χ2n) is 4.89. The minimum atomic E-state index is -0.402. The number of aromatic amines is 1. The molecule has 0 saturated heterocycles. The van der Waals surface area contributed by atoms with E-state index in [-0.39, 0.29) is 0 Å². The van der Waals surface area contributed by atoms with Crippen molar-refractivity contribution in [1.29, 1.82) is 0 Å². The predicted octanol–water partition coefficient (Wildman–Crippen LogP) is 2.61. The summed E-state index contributed by atoms with van der Waals surface area (Å²) in [6.45, 7) is 5.27. The maximum absolute atomic E-state index is 5.58. The Labute approximate surface area is 111 Å². The minimum Gasteiger partial charge on any atom is -0.486 e. The van der Waals surface area contributed by atoms with E-state index in [1.54, 1.807) is 7.11 Å². The maximum Gasteiger partial charge on any atom is 0.163 e. The van der Waals surface area contributed by atoms with Gasteiger partial charge in [-0.1, -0.05) is 6.92 Å². The number of benzene rings is 1. The summed E-state index contributed by atoms with van der Waals surface area (Å²) in [7, 11) is 1.70. The first-order valence-electron chi connectivity index (χ1n) is 6.51. The number of imidazole rings is 1. The van der Waals surface area contributed by atoms with Gasteiger partial charge in [0.05, 0.1) is 11.0 Å². The molecule has 102 valence electrons. The van der Waals surface area contributed by atoms with Crippen molar-refractivity contribution in [1.82, 2.24) is 9.97 Å². The van der Waals surface area contributed by atoms with Crippen molar-refractivity contribution in [3.63, 3.8) is 0 Å². The summed E-state index contributed by atoms with van der Waals surface area (Å²) >= 11 is 0. The number of hydrogen-bond donors (Lipinski definition) is 1. The highest BCUT2D eigenvalue weighted by Gasteiger charge is 2.28. The van der Waals surface area contributed by atoms with Gasteiger partial charge in [-0.3, -0.25) is 0 Å². The van der Waals surface area contributed by atoms with Gasteiger partial charge in [0.25, 0.3) is 0 Å². The van der Waals surface area contributed by atoms with Gasteiger partial charge in [-0.15, -0.1) is 0 Å².